The first-order chi connectivity index (χ1) is 5.16. The van der Waals surface area contributed by atoms with Crippen molar-refractivity contribution in [2.24, 2.45) is 11.7 Å². The van der Waals surface area contributed by atoms with E-state index in [1.54, 1.807) is 0 Å². The van der Waals surface area contributed by atoms with Crippen LogP contribution in [0.4, 0.5) is 0 Å². The lowest BCUT2D eigenvalue weighted by molar-refractivity contribution is 0.752. The molecule has 0 amide bonds. The molecule has 0 bridgehead atoms. The predicted octanol–water partition coefficient (Wildman–Crippen LogP) is 1.70. The number of nitrogens with two attached hydrogens (primary N) is 1. The number of hydrogen-bond donors (Lipinski definition) is 1. The largest absolute Gasteiger partial charge is 0.316 e. The van der Waals surface area contributed by atoms with Gasteiger partial charge in [0.25, 0.3) is 0 Å². The molecule has 0 aliphatic carbocycles. The third kappa shape index (κ3) is 9.30. The van der Waals surface area contributed by atoms with E-state index in [9.17, 15) is 0 Å². The average molecular weight is 187 g/mol. The molecule has 0 saturated heterocycles. The van der Waals surface area contributed by atoms with Gasteiger partial charge >= 0.3 is 0 Å². The van der Waals surface area contributed by atoms with Gasteiger partial charge in [0, 0.05) is 12.3 Å². The Morgan fingerprint density at radius 1 is 1.42 bits per heavy atom. The molecule has 0 heterocycles. The van der Waals surface area contributed by atoms with Crippen molar-refractivity contribution in [1.82, 2.24) is 0 Å². The molecule has 0 aliphatic heterocycles. The van der Waals surface area contributed by atoms with Crippen LogP contribution in [-0.2, 0) is 0 Å². The van der Waals surface area contributed by atoms with Crippen LogP contribution in [-0.4, -0.2) is 6.04 Å². The molecule has 0 aromatic heterocycles. The summed E-state index contributed by atoms with van der Waals surface area (Å²) < 4.78 is 0. The zero-order chi connectivity index (χ0) is 8.69. The summed E-state index contributed by atoms with van der Waals surface area (Å²) in [7, 11) is 0. The van der Waals surface area contributed by atoms with Gasteiger partial charge in [-0.3, -0.25) is 0 Å². The molecule has 1 unspecified atom stereocenters. The molecule has 0 fully saturated rings. The van der Waals surface area contributed by atoms with Crippen LogP contribution < -0.4 is 5.73 Å². The molecule has 68 valence electrons. The molecule has 2 nitrogen and oxygen atoms in total. The van der Waals surface area contributed by atoms with Crippen LogP contribution >= 0.6 is 12.4 Å². The van der Waals surface area contributed by atoms with Gasteiger partial charge in [0.05, 0.1) is 12.1 Å². The summed E-state index contributed by atoms with van der Waals surface area (Å²) in [6.45, 7) is 4.08. The summed E-state index contributed by atoms with van der Waals surface area (Å²) in [4.78, 5) is 0. The zero-order valence-corrected chi connectivity index (χ0v) is 8.32. The lowest BCUT2D eigenvalue weighted by Crippen LogP contribution is -2.16. The van der Waals surface area contributed by atoms with Gasteiger partial charge in [-0.25, -0.2) is 0 Å². The minimum atomic E-state index is -0.350. The van der Waals surface area contributed by atoms with Gasteiger partial charge in [-0.1, -0.05) is 13.8 Å². The highest BCUT2D eigenvalue weighted by Gasteiger charge is 1.95. The van der Waals surface area contributed by atoms with Crippen molar-refractivity contribution < 1.29 is 0 Å². The summed E-state index contributed by atoms with van der Waals surface area (Å²) in [5, 5.41) is 8.32. The molecule has 0 aromatic carbocycles. The summed E-state index contributed by atoms with van der Waals surface area (Å²) in [6, 6.07) is 1.61. The fourth-order valence-corrected chi connectivity index (χ4v) is 0.569. The van der Waals surface area contributed by atoms with Crippen molar-refractivity contribution in [2.45, 2.75) is 32.7 Å². The fraction of sp³-hybridized carbons (Fsp3) is 0.667. The Morgan fingerprint density at radius 3 is 2.42 bits per heavy atom. The first-order valence-electron chi connectivity index (χ1n) is 3.80. The Hall–Kier alpha value is -0.700. The van der Waals surface area contributed by atoms with E-state index in [2.05, 4.69) is 11.8 Å². The third-order valence-corrected chi connectivity index (χ3v) is 1.14. The molecule has 3 heteroatoms. The second kappa shape index (κ2) is 8.40. The molecule has 0 aromatic rings. The summed E-state index contributed by atoms with van der Waals surface area (Å²) >= 11 is 0. The highest BCUT2D eigenvalue weighted by molar-refractivity contribution is 5.85. The average Bonchev–Trinajstić information content (AvgIpc) is 1.97. The lowest BCUT2D eigenvalue weighted by atomic mass is 10.1. The molecule has 0 rings (SSSR count). The molecule has 1 atom stereocenters. The predicted molar refractivity (Wildman–Crippen MR) is 52.7 cm³/mol. The standard InChI is InChI=1S/C9H14N2.ClH/c1-8(2)5-3-4-6-9(11)7-10;/h8-9H,4,6,11H2,1-2H3;1H. The van der Waals surface area contributed by atoms with Crippen LogP contribution in [0.2, 0.25) is 0 Å². The maximum atomic E-state index is 8.32. The van der Waals surface area contributed by atoms with Gasteiger partial charge < -0.3 is 5.73 Å². The number of nitrogens with zero attached hydrogens (tertiary/aromatic N) is 1. The number of halogens is 1. The maximum Gasteiger partial charge on any atom is 0.0937 e. The Bertz CT molecular complexity index is 195. The third-order valence-electron chi connectivity index (χ3n) is 1.14. The van der Waals surface area contributed by atoms with Crippen molar-refractivity contribution in [2.75, 3.05) is 0 Å². The van der Waals surface area contributed by atoms with Crippen molar-refractivity contribution in [3.05, 3.63) is 0 Å². The topological polar surface area (TPSA) is 49.8 Å². The molecule has 0 aliphatic rings. The van der Waals surface area contributed by atoms with Crippen LogP contribution in [0.25, 0.3) is 0 Å². The second-order valence-corrected chi connectivity index (χ2v) is 2.75. The van der Waals surface area contributed by atoms with Gasteiger partial charge in [-0.05, 0) is 6.42 Å². The maximum absolute atomic E-state index is 8.32. The van der Waals surface area contributed by atoms with E-state index in [4.69, 9.17) is 11.0 Å². The summed E-state index contributed by atoms with van der Waals surface area (Å²) in [5.41, 5.74) is 5.36. The normalized spacial score (nSPS) is 10.6. The Kier molecular flexibility index (Phi) is 9.70. The molecule has 0 saturated carbocycles. The van der Waals surface area contributed by atoms with E-state index in [1.165, 1.54) is 0 Å². The monoisotopic (exact) mass is 186 g/mol. The lowest BCUT2D eigenvalue weighted by Gasteiger charge is -1.95. The molecule has 12 heavy (non-hydrogen) atoms. The summed E-state index contributed by atoms with van der Waals surface area (Å²) in [6.07, 6.45) is 1.41. The van der Waals surface area contributed by atoms with Gasteiger partial charge in [0.2, 0.25) is 0 Å². The van der Waals surface area contributed by atoms with Gasteiger partial charge in [0.1, 0.15) is 0 Å². The first-order valence-corrected chi connectivity index (χ1v) is 3.80. The van der Waals surface area contributed by atoms with Crippen molar-refractivity contribution in [3.63, 3.8) is 0 Å². The molecule has 0 radical (unpaired) electrons. The van der Waals surface area contributed by atoms with E-state index < -0.39 is 0 Å². The van der Waals surface area contributed by atoms with Crippen LogP contribution in [0.15, 0.2) is 0 Å². The quantitative estimate of drug-likeness (QED) is 0.668. The Balaban J connectivity index is 0. The molecule has 0 spiro atoms. The van der Waals surface area contributed by atoms with E-state index >= 15 is 0 Å². The SMILES string of the molecule is CC(C)C#CCCC(N)C#N.Cl. The highest BCUT2D eigenvalue weighted by Crippen LogP contribution is 1.92. The number of hydrogen-bond acceptors (Lipinski definition) is 2. The highest BCUT2D eigenvalue weighted by atomic mass is 35.5. The molecular formula is C9H15ClN2. The van der Waals surface area contributed by atoms with Gasteiger partial charge in [0.15, 0.2) is 0 Å². The van der Waals surface area contributed by atoms with Crippen molar-refractivity contribution in [1.29, 1.82) is 5.26 Å². The van der Waals surface area contributed by atoms with Crippen LogP contribution in [0, 0.1) is 29.1 Å². The first kappa shape index (κ1) is 13.9. The summed E-state index contributed by atoms with van der Waals surface area (Å²) in [5.74, 6) is 6.39. The number of nitriles is 1. The van der Waals surface area contributed by atoms with Crippen LogP contribution in [0.1, 0.15) is 26.7 Å². The number of rotatable bonds is 2. The fourth-order valence-electron chi connectivity index (χ4n) is 0.569. The molecule has 2 N–H and O–H groups in total. The van der Waals surface area contributed by atoms with Gasteiger partial charge in [-0.15, -0.1) is 24.2 Å². The van der Waals surface area contributed by atoms with E-state index in [1.807, 2.05) is 19.9 Å². The Morgan fingerprint density at radius 2 is 2.00 bits per heavy atom. The van der Waals surface area contributed by atoms with Crippen LogP contribution in [0.5, 0.6) is 0 Å². The minimum Gasteiger partial charge on any atom is -0.316 e. The zero-order valence-electron chi connectivity index (χ0n) is 7.50. The van der Waals surface area contributed by atoms with Gasteiger partial charge in [-0.2, -0.15) is 5.26 Å². The van der Waals surface area contributed by atoms with Crippen molar-refractivity contribution in [3.8, 4) is 17.9 Å². The van der Waals surface area contributed by atoms with E-state index in [0.717, 1.165) is 6.42 Å². The molecular weight excluding hydrogens is 172 g/mol. The second-order valence-electron chi connectivity index (χ2n) is 2.75. The van der Waals surface area contributed by atoms with Crippen molar-refractivity contribution >= 4 is 12.4 Å². The smallest absolute Gasteiger partial charge is 0.0937 e. The minimum absolute atomic E-state index is 0. The van der Waals surface area contributed by atoms with Crippen LogP contribution in [0.3, 0.4) is 0 Å². The van der Waals surface area contributed by atoms with E-state index in [-0.39, 0.29) is 18.4 Å². The Labute approximate surface area is 80.5 Å². The van der Waals surface area contributed by atoms with E-state index in [0.29, 0.717) is 12.3 Å².